The van der Waals surface area contributed by atoms with Crippen molar-refractivity contribution in [3.05, 3.63) is 27.4 Å². The van der Waals surface area contributed by atoms with Gasteiger partial charge in [-0.05, 0) is 42.8 Å². The van der Waals surface area contributed by atoms with E-state index in [4.69, 9.17) is 12.2 Å². The highest BCUT2D eigenvalue weighted by Gasteiger charge is 2.11. The van der Waals surface area contributed by atoms with E-state index in [0.29, 0.717) is 5.92 Å². The number of hydrogen-bond donors (Lipinski definition) is 1. The van der Waals surface area contributed by atoms with Crippen molar-refractivity contribution in [2.24, 2.45) is 5.92 Å². The number of nitrogens with zero attached hydrogens (tertiary/aromatic N) is 1. The number of aromatic amines is 1. The van der Waals surface area contributed by atoms with Crippen LogP contribution in [0.15, 0.2) is 22.7 Å². The molecule has 1 aromatic heterocycles. The summed E-state index contributed by atoms with van der Waals surface area (Å²) in [5.74, 6) is 0.713. The predicted octanol–water partition coefficient (Wildman–Crippen LogP) is 5.68. The zero-order chi connectivity index (χ0) is 13.8. The first kappa shape index (κ1) is 14.8. The minimum Gasteiger partial charge on any atom is -0.331 e. The van der Waals surface area contributed by atoms with Crippen molar-refractivity contribution in [3.63, 3.8) is 0 Å². The molecule has 4 heteroatoms. The molecule has 1 unspecified atom stereocenters. The largest absolute Gasteiger partial charge is 0.331 e. The molecule has 0 aliphatic carbocycles. The van der Waals surface area contributed by atoms with Crippen LogP contribution in [0.25, 0.3) is 11.0 Å². The lowest BCUT2D eigenvalue weighted by Crippen LogP contribution is -2.10. The second-order valence-electron chi connectivity index (χ2n) is 5.12. The summed E-state index contributed by atoms with van der Waals surface area (Å²) in [6, 6.07) is 6.28. The van der Waals surface area contributed by atoms with Crippen molar-refractivity contribution in [2.75, 3.05) is 0 Å². The van der Waals surface area contributed by atoms with Gasteiger partial charge in [0.2, 0.25) is 0 Å². The highest BCUT2D eigenvalue weighted by molar-refractivity contribution is 9.10. The summed E-state index contributed by atoms with van der Waals surface area (Å²) in [5, 5.41) is 0. The Morgan fingerprint density at radius 1 is 1.37 bits per heavy atom. The van der Waals surface area contributed by atoms with E-state index in [0.717, 1.165) is 21.3 Å². The number of fused-ring (bicyclic) bond motifs is 1. The van der Waals surface area contributed by atoms with Gasteiger partial charge in [-0.15, -0.1) is 0 Å². The van der Waals surface area contributed by atoms with Crippen LogP contribution in [0.2, 0.25) is 0 Å². The van der Waals surface area contributed by atoms with Gasteiger partial charge in [0.15, 0.2) is 4.77 Å². The quantitative estimate of drug-likeness (QED) is 0.671. The molecule has 1 aromatic carbocycles. The van der Waals surface area contributed by atoms with Gasteiger partial charge < -0.3 is 9.55 Å². The fourth-order valence-corrected chi connectivity index (χ4v) is 3.11. The first-order chi connectivity index (χ1) is 9.15. The Labute approximate surface area is 128 Å². The van der Waals surface area contributed by atoms with Crippen LogP contribution < -0.4 is 0 Å². The molecular formula is C15H21BrN2S. The van der Waals surface area contributed by atoms with Gasteiger partial charge in [0.05, 0.1) is 11.0 Å². The number of unbranched alkanes of at least 4 members (excludes halogenated alkanes) is 1. The molecule has 104 valence electrons. The van der Waals surface area contributed by atoms with Crippen LogP contribution in [0, 0.1) is 10.7 Å². The zero-order valence-electron chi connectivity index (χ0n) is 11.6. The van der Waals surface area contributed by atoms with Crippen LogP contribution >= 0.6 is 28.1 Å². The summed E-state index contributed by atoms with van der Waals surface area (Å²) >= 11 is 9.01. The molecule has 0 fully saturated rings. The maximum Gasteiger partial charge on any atom is 0.178 e. The molecule has 2 aromatic rings. The number of rotatable bonds is 6. The van der Waals surface area contributed by atoms with E-state index in [1.807, 2.05) is 6.07 Å². The van der Waals surface area contributed by atoms with Crippen LogP contribution in [0.5, 0.6) is 0 Å². The molecule has 2 nitrogen and oxygen atoms in total. The molecule has 0 saturated heterocycles. The monoisotopic (exact) mass is 340 g/mol. The number of benzene rings is 1. The number of halogens is 1. The molecule has 0 radical (unpaired) electrons. The van der Waals surface area contributed by atoms with Gasteiger partial charge in [0.25, 0.3) is 0 Å². The third kappa shape index (κ3) is 3.48. The van der Waals surface area contributed by atoms with Crippen molar-refractivity contribution in [2.45, 2.75) is 46.1 Å². The van der Waals surface area contributed by atoms with E-state index in [1.54, 1.807) is 0 Å². The topological polar surface area (TPSA) is 20.7 Å². The second-order valence-corrected chi connectivity index (χ2v) is 6.42. The standard InChI is InChI=1S/C15H21BrN2S/c1-3-5-6-11(4-2)10-18-14-9-12(16)7-8-13(14)17-15(18)19/h7-9,11H,3-6,10H2,1-2H3,(H,17,19). The van der Waals surface area contributed by atoms with Crippen LogP contribution in [0.3, 0.4) is 0 Å². The van der Waals surface area contributed by atoms with Crippen molar-refractivity contribution in [3.8, 4) is 0 Å². The first-order valence-corrected chi connectivity index (χ1v) is 8.23. The zero-order valence-corrected chi connectivity index (χ0v) is 14.0. The van der Waals surface area contributed by atoms with Crippen LogP contribution in [-0.2, 0) is 6.54 Å². The van der Waals surface area contributed by atoms with E-state index >= 15 is 0 Å². The molecule has 1 N–H and O–H groups in total. The fraction of sp³-hybridized carbons (Fsp3) is 0.533. The Balaban J connectivity index is 2.30. The smallest absolute Gasteiger partial charge is 0.178 e. The normalized spacial score (nSPS) is 13.0. The average molecular weight is 341 g/mol. The molecule has 0 spiro atoms. The summed E-state index contributed by atoms with van der Waals surface area (Å²) in [6.45, 7) is 5.54. The van der Waals surface area contributed by atoms with Gasteiger partial charge in [0, 0.05) is 11.0 Å². The van der Waals surface area contributed by atoms with Gasteiger partial charge in [0.1, 0.15) is 0 Å². The Morgan fingerprint density at radius 3 is 2.84 bits per heavy atom. The molecule has 1 heterocycles. The lowest BCUT2D eigenvalue weighted by Gasteiger charge is -2.15. The van der Waals surface area contributed by atoms with Crippen LogP contribution in [0.1, 0.15) is 39.5 Å². The SMILES string of the molecule is CCCCC(CC)Cn1c(=S)[nH]c2ccc(Br)cc21. The summed E-state index contributed by atoms with van der Waals surface area (Å²) in [4.78, 5) is 3.30. The van der Waals surface area contributed by atoms with E-state index in [9.17, 15) is 0 Å². The third-order valence-corrected chi connectivity index (χ3v) is 4.54. The van der Waals surface area contributed by atoms with Gasteiger partial charge in [-0.1, -0.05) is 49.0 Å². The lowest BCUT2D eigenvalue weighted by atomic mass is 9.99. The van der Waals surface area contributed by atoms with Gasteiger partial charge in [-0.2, -0.15) is 0 Å². The Kier molecular flexibility index (Phi) is 5.22. The third-order valence-electron chi connectivity index (χ3n) is 3.72. The van der Waals surface area contributed by atoms with E-state index in [1.165, 1.54) is 31.2 Å². The van der Waals surface area contributed by atoms with Gasteiger partial charge in [-0.3, -0.25) is 0 Å². The minimum atomic E-state index is 0.713. The molecule has 0 aliphatic rings. The lowest BCUT2D eigenvalue weighted by molar-refractivity contribution is 0.393. The summed E-state index contributed by atoms with van der Waals surface area (Å²) in [6.07, 6.45) is 5.07. The Bertz CT molecular complexity index is 600. The van der Waals surface area contributed by atoms with E-state index in [2.05, 4.69) is 51.5 Å². The van der Waals surface area contributed by atoms with E-state index in [-0.39, 0.29) is 0 Å². The van der Waals surface area contributed by atoms with Crippen molar-refractivity contribution in [1.82, 2.24) is 9.55 Å². The number of hydrogen-bond acceptors (Lipinski definition) is 1. The van der Waals surface area contributed by atoms with Gasteiger partial charge in [-0.25, -0.2) is 0 Å². The van der Waals surface area contributed by atoms with Crippen molar-refractivity contribution in [1.29, 1.82) is 0 Å². The summed E-state index contributed by atoms with van der Waals surface area (Å²) in [5.41, 5.74) is 2.33. The highest BCUT2D eigenvalue weighted by Crippen LogP contribution is 2.23. The summed E-state index contributed by atoms with van der Waals surface area (Å²) in [7, 11) is 0. The predicted molar refractivity (Wildman–Crippen MR) is 88.1 cm³/mol. The highest BCUT2D eigenvalue weighted by atomic mass is 79.9. The average Bonchev–Trinajstić information content (AvgIpc) is 2.70. The second kappa shape index (κ2) is 6.71. The maximum atomic E-state index is 5.47. The number of H-pyrrole nitrogens is 1. The molecule has 1 atom stereocenters. The molecule has 0 aliphatic heterocycles. The first-order valence-electron chi connectivity index (χ1n) is 7.03. The van der Waals surface area contributed by atoms with Crippen molar-refractivity contribution < 1.29 is 0 Å². The molecular weight excluding hydrogens is 320 g/mol. The molecule has 2 rings (SSSR count). The Morgan fingerprint density at radius 2 is 2.16 bits per heavy atom. The van der Waals surface area contributed by atoms with Crippen LogP contribution in [0.4, 0.5) is 0 Å². The van der Waals surface area contributed by atoms with E-state index < -0.39 is 0 Å². The maximum absolute atomic E-state index is 5.47. The Hall–Kier alpha value is -0.610. The van der Waals surface area contributed by atoms with Crippen LogP contribution in [-0.4, -0.2) is 9.55 Å². The van der Waals surface area contributed by atoms with Gasteiger partial charge >= 0.3 is 0 Å². The molecule has 19 heavy (non-hydrogen) atoms. The molecule has 0 bridgehead atoms. The number of aromatic nitrogens is 2. The molecule has 0 saturated carbocycles. The summed E-state index contributed by atoms with van der Waals surface area (Å²) < 4.78 is 4.19. The molecule has 0 amide bonds. The van der Waals surface area contributed by atoms with Crippen molar-refractivity contribution >= 4 is 39.2 Å². The minimum absolute atomic E-state index is 0.713. The fourth-order valence-electron chi connectivity index (χ4n) is 2.48. The number of imidazole rings is 1. The number of nitrogens with one attached hydrogen (secondary N) is 1.